The van der Waals surface area contributed by atoms with Gasteiger partial charge in [-0.3, -0.25) is 0 Å². The van der Waals surface area contributed by atoms with Crippen LogP contribution in [0.25, 0.3) is 0 Å². The molecule has 0 aliphatic carbocycles. The largest absolute Gasteiger partial charge is 0.488 e. The normalized spacial score (nSPS) is 14.5. The lowest BCUT2D eigenvalue weighted by Crippen LogP contribution is -2.19. The van der Waals surface area contributed by atoms with E-state index in [0.29, 0.717) is 11.8 Å². The van der Waals surface area contributed by atoms with Crippen LogP contribution in [0.5, 0.6) is 5.75 Å². The van der Waals surface area contributed by atoms with Gasteiger partial charge in [0, 0.05) is 6.07 Å². The number of anilines is 1. The Morgan fingerprint density at radius 2 is 2.50 bits per heavy atom. The van der Waals surface area contributed by atoms with Gasteiger partial charge in [0.15, 0.2) is 11.6 Å². The van der Waals surface area contributed by atoms with Gasteiger partial charge in [-0.1, -0.05) is 11.6 Å². The molecule has 12 heavy (non-hydrogen) atoms. The third kappa shape index (κ3) is 1.36. The van der Waals surface area contributed by atoms with Gasteiger partial charge >= 0.3 is 0 Å². The maximum atomic E-state index is 5.79. The minimum atomic E-state index is 0.451. The second kappa shape index (κ2) is 3.11. The van der Waals surface area contributed by atoms with Gasteiger partial charge in [0.1, 0.15) is 11.8 Å². The lowest BCUT2D eigenvalue weighted by molar-refractivity contribution is 0.321. The van der Waals surface area contributed by atoms with Crippen molar-refractivity contribution in [3.05, 3.63) is 15.7 Å². The number of hydrogen-bond donors (Lipinski definition) is 1. The van der Waals surface area contributed by atoms with Crippen molar-refractivity contribution < 1.29 is 4.74 Å². The Morgan fingerprint density at radius 3 is 3.33 bits per heavy atom. The van der Waals surface area contributed by atoms with Gasteiger partial charge in [-0.25, -0.2) is 4.98 Å². The topological polar surface area (TPSA) is 34.1 Å². The third-order valence-electron chi connectivity index (χ3n) is 1.55. The number of rotatable bonds is 0. The summed E-state index contributed by atoms with van der Waals surface area (Å²) >= 11 is 9.06. The summed E-state index contributed by atoms with van der Waals surface area (Å²) in [6.45, 7) is 1.45. The number of fused-ring (bicyclic) bond motifs is 1. The third-order valence-corrected chi connectivity index (χ3v) is 2.67. The molecule has 3 nitrogen and oxygen atoms in total. The van der Waals surface area contributed by atoms with Crippen LogP contribution in [0.3, 0.4) is 0 Å². The zero-order valence-corrected chi connectivity index (χ0v) is 8.44. The van der Waals surface area contributed by atoms with E-state index in [2.05, 4.69) is 26.2 Å². The standard InChI is InChI=1S/C7H6BrClN2O/c8-4-3-5-7(11-6(4)9)10-1-2-12-5/h3H,1-2H2,(H,10,11). The molecule has 1 aromatic rings. The van der Waals surface area contributed by atoms with Crippen LogP contribution in [-0.4, -0.2) is 18.1 Å². The van der Waals surface area contributed by atoms with E-state index in [-0.39, 0.29) is 0 Å². The quantitative estimate of drug-likeness (QED) is 0.717. The summed E-state index contributed by atoms with van der Waals surface area (Å²) in [6, 6.07) is 1.82. The highest BCUT2D eigenvalue weighted by Gasteiger charge is 2.13. The molecule has 5 heteroatoms. The Bertz CT molecular complexity index is 288. The average molecular weight is 249 g/mol. The summed E-state index contributed by atoms with van der Waals surface area (Å²) in [7, 11) is 0. The van der Waals surface area contributed by atoms with E-state index in [1.54, 1.807) is 0 Å². The second-order valence-electron chi connectivity index (χ2n) is 2.38. The average Bonchev–Trinajstić information content (AvgIpc) is 2.07. The molecule has 0 amide bonds. The van der Waals surface area contributed by atoms with Crippen molar-refractivity contribution in [2.75, 3.05) is 18.5 Å². The highest BCUT2D eigenvalue weighted by atomic mass is 79.9. The number of aromatic nitrogens is 1. The summed E-state index contributed by atoms with van der Waals surface area (Å²) in [5.41, 5.74) is 0. The molecule has 64 valence electrons. The summed E-state index contributed by atoms with van der Waals surface area (Å²) in [5.74, 6) is 1.46. The molecule has 0 saturated carbocycles. The van der Waals surface area contributed by atoms with Gasteiger partial charge in [-0.15, -0.1) is 0 Å². The van der Waals surface area contributed by atoms with E-state index in [0.717, 1.165) is 22.6 Å². The summed E-state index contributed by atoms with van der Waals surface area (Å²) in [4.78, 5) is 4.10. The van der Waals surface area contributed by atoms with E-state index < -0.39 is 0 Å². The molecule has 0 unspecified atom stereocenters. The molecular weight excluding hydrogens is 243 g/mol. The Morgan fingerprint density at radius 1 is 1.67 bits per heavy atom. The monoisotopic (exact) mass is 248 g/mol. The van der Waals surface area contributed by atoms with Crippen LogP contribution in [0, 0.1) is 0 Å². The van der Waals surface area contributed by atoms with Crippen LogP contribution in [0.15, 0.2) is 10.5 Å². The van der Waals surface area contributed by atoms with Crippen molar-refractivity contribution in [1.29, 1.82) is 0 Å². The van der Waals surface area contributed by atoms with E-state index in [1.165, 1.54) is 0 Å². The minimum Gasteiger partial charge on any atom is -0.488 e. The van der Waals surface area contributed by atoms with E-state index >= 15 is 0 Å². The van der Waals surface area contributed by atoms with Crippen LogP contribution in [0.4, 0.5) is 5.82 Å². The minimum absolute atomic E-state index is 0.451. The molecule has 1 aromatic heterocycles. The lowest BCUT2D eigenvalue weighted by atomic mass is 10.4. The molecule has 0 saturated heterocycles. The molecular formula is C7H6BrClN2O. The Labute approximate surface area is 83.2 Å². The Kier molecular flexibility index (Phi) is 2.11. The fourth-order valence-electron chi connectivity index (χ4n) is 1.02. The van der Waals surface area contributed by atoms with Gasteiger partial charge in [0.2, 0.25) is 0 Å². The predicted molar refractivity (Wildman–Crippen MR) is 50.9 cm³/mol. The van der Waals surface area contributed by atoms with Crippen molar-refractivity contribution in [3.63, 3.8) is 0 Å². The van der Waals surface area contributed by atoms with E-state index in [4.69, 9.17) is 16.3 Å². The first-order valence-corrected chi connectivity index (χ1v) is 4.67. The number of nitrogens with one attached hydrogen (secondary N) is 1. The molecule has 0 atom stereocenters. The van der Waals surface area contributed by atoms with Gasteiger partial charge in [0.25, 0.3) is 0 Å². The van der Waals surface area contributed by atoms with Crippen molar-refractivity contribution >= 4 is 33.3 Å². The Hall–Kier alpha value is -0.480. The number of pyridine rings is 1. The first-order chi connectivity index (χ1) is 5.77. The molecule has 0 bridgehead atoms. The number of ether oxygens (including phenoxy) is 1. The van der Waals surface area contributed by atoms with Crippen LogP contribution in [0.2, 0.25) is 5.15 Å². The maximum absolute atomic E-state index is 5.79. The zero-order valence-electron chi connectivity index (χ0n) is 6.10. The van der Waals surface area contributed by atoms with Gasteiger partial charge in [-0.2, -0.15) is 0 Å². The summed E-state index contributed by atoms with van der Waals surface area (Å²) < 4.78 is 6.10. The lowest BCUT2D eigenvalue weighted by Gasteiger charge is -2.18. The van der Waals surface area contributed by atoms with Crippen LogP contribution < -0.4 is 10.1 Å². The fraction of sp³-hybridized carbons (Fsp3) is 0.286. The first-order valence-electron chi connectivity index (χ1n) is 3.50. The number of nitrogens with zero attached hydrogens (tertiary/aromatic N) is 1. The molecule has 0 spiro atoms. The predicted octanol–water partition coefficient (Wildman–Crippen LogP) is 2.30. The van der Waals surface area contributed by atoms with Gasteiger partial charge < -0.3 is 10.1 Å². The SMILES string of the molecule is Clc1nc2c(cc1Br)OCCN2. The number of hydrogen-bond acceptors (Lipinski definition) is 3. The van der Waals surface area contributed by atoms with Crippen LogP contribution >= 0.6 is 27.5 Å². The second-order valence-corrected chi connectivity index (χ2v) is 3.60. The highest BCUT2D eigenvalue weighted by molar-refractivity contribution is 9.10. The zero-order chi connectivity index (χ0) is 8.55. The summed E-state index contributed by atoms with van der Waals surface area (Å²) in [5, 5.41) is 3.54. The molecule has 0 fully saturated rings. The van der Waals surface area contributed by atoms with Crippen LogP contribution in [-0.2, 0) is 0 Å². The fourth-order valence-corrected chi connectivity index (χ4v) is 1.45. The molecule has 2 rings (SSSR count). The molecule has 0 radical (unpaired) electrons. The van der Waals surface area contributed by atoms with Crippen molar-refractivity contribution in [1.82, 2.24) is 4.98 Å². The smallest absolute Gasteiger partial charge is 0.170 e. The van der Waals surface area contributed by atoms with E-state index in [9.17, 15) is 0 Å². The number of halogens is 2. The first kappa shape index (κ1) is 8.13. The highest BCUT2D eigenvalue weighted by Crippen LogP contribution is 2.32. The molecule has 2 heterocycles. The van der Waals surface area contributed by atoms with Gasteiger partial charge in [0.05, 0.1) is 11.0 Å². The molecule has 1 aliphatic heterocycles. The van der Waals surface area contributed by atoms with Crippen molar-refractivity contribution in [2.24, 2.45) is 0 Å². The Balaban J connectivity index is 2.49. The molecule has 1 N–H and O–H groups in total. The van der Waals surface area contributed by atoms with Gasteiger partial charge in [-0.05, 0) is 15.9 Å². The molecule has 0 aromatic carbocycles. The van der Waals surface area contributed by atoms with Crippen LogP contribution in [0.1, 0.15) is 0 Å². The maximum Gasteiger partial charge on any atom is 0.170 e. The van der Waals surface area contributed by atoms with Crippen molar-refractivity contribution in [3.8, 4) is 5.75 Å². The van der Waals surface area contributed by atoms with Crippen molar-refractivity contribution in [2.45, 2.75) is 0 Å². The summed E-state index contributed by atoms with van der Waals surface area (Å²) in [6.07, 6.45) is 0. The molecule has 1 aliphatic rings. The van der Waals surface area contributed by atoms with E-state index in [1.807, 2.05) is 6.07 Å².